The molecule has 0 aromatic carbocycles. The minimum atomic E-state index is -0.725. The molecule has 2 atom stereocenters. The van der Waals surface area contributed by atoms with Crippen molar-refractivity contribution in [2.24, 2.45) is 5.41 Å². The van der Waals surface area contributed by atoms with Gasteiger partial charge in [0.2, 0.25) is 0 Å². The molecular formula is C15H31NO5. The number of hydrogen-bond acceptors (Lipinski definition) is 6. The molecule has 0 aliphatic carbocycles. The molecule has 1 heterocycles. The lowest BCUT2D eigenvalue weighted by atomic mass is 9.70. The van der Waals surface area contributed by atoms with E-state index in [9.17, 15) is 15.0 Å². The minimum absolute atomic E-state index is 0.0732. The van der Waals surface area contributed by atoms with Crippen molar-refractivity contribution in [1.82, 2.24) is 5.32 Å². The Kier molecular flexibility index (Phi) is 9.04. The van der Waals surface area contributed by atoms with Crippen LogP contribution in [0.1, 0.15) is 47.0 Å². The molecule has 0 aromatic heterocycles. The third-order valence-corrected chi connectivity index (χ3v) is 3.70. The molecule has 0 spiro atoms. The second kappa shape index (κ2) is 9.35. The normalized spacial score (nSPS) is 20.7. The van der Waals surface area contributed by atoms with Gasteiger partial charge < -0.3 is 25.4 Å². The molecule has 0 saturated carbocycles. The van der Waals surface area contributed by atoms with E-state index in [2.05, 4.69) is 10.1 Å². The van der Waals surface area contributed by atoms with Crippen molar-refractivity contribution in [3.8, 4) is 0 Å². The van der Waals surface area contributed by atoms with Crippen molar-refractivity contribution in [3.05, 3.63) is 0 Å². The van der Waals surface area contributed by atoms with Crippen LogP contribution in [0.25, 0.3) is 0 Å². The Balaban J connectivity index is 0.000000486. The van der Waals surface area contributed by atoms with Crippen LogP contribution in [0.15, 0.2) is 0 Å². The highest BCUT2D eigenvalue weighted by atomic mass is 16.5. The zero-order valence-electron chi connectivity index (χ0n) is 13.6. The first-order valence-electron chi connectivity index (χ1n) is 7.48. The van der Waals surface area contributed by atoms with Crippen molar-refractivity contribution < 1.29 is 24.9 Å². The van der Waals surface area contributed by atoms with Gasteiger partial charge in [0.25, 0.3) is 6.47 Å². The van der Waals surface area contributed by atoms with E-state index in [0.717, 1.165) is 25.9 Å². The van der Waals surface area contributed by atoms with Crippen molar-refractivity contribution in [2.45, 2.75) is 64.8 Å². The van der Waals surface area contributed by atoms with Gasteiger partial charge in [0.1, 0.15) is 5.60 Å². The molecule has 1 aliphatic heterocycles. The summed E-state index contributed by atoms with van der Waals surface area (Å²) in [7, 11) is 0. The molecule has 1 unspecified atom stereocenters. The van der Waals surface area contributed by atoms with Gasteiger partial charge in [-0.2, -0.15) is 0 Å². The SMILES string of the molecule is CC(C)(C)OC=O.C[C@H](O)C(O)C1(CCO)CCNCC1. The summed E-state index contributed by atoms with van der Waals surface area (Å²) in [6.07, 6.45) is 0.761. The fraction of sp³-hybridized carbons (Fsp3) is 0.933. The molecule has 1 rings (SSSR count). The van der Waals surface area contributed by atoms with E-state index in [1.807, 2.05) is 20.8 Å². The van der Waals surface area contributed by atoms with Crippen LogP contribution in [0.2, 0.25) is 0 Å². The first-order valence-corrected chi connectivity index (χ1v) is 7.48. The van der Waals surface area contributed by atoms with E-state index in [1.54, 1.807) is 6.92 Å². The number of carbonyl (C=O) groups excluding carboxylic acids is 1. The van der Waals surface area contributed by atoms with Crippen molar-refractivity contribution >= 4 is 6.47 Å². The zero-order valence-corrected chi connectivity index (χ0v) is 13.6. The highest BCUT2D eigenvalue weighted by Crippen LogP contribution is 2.37. The van der Waals surface area contributed by atoms with E-state index in [1.165, 1.54) is 0 Å². The monoisotopic (exact) mass is 305 g/mol. The molecule has 0 bridgehead atoms. The van der Waals surface area contributed by atoms with Crippen LogP contribution in [-0.4, -0.2) is 59.3 Å². The van der Waals surface area contributed by atoms with Gasteiger partial charge in [-0.25, -0.2) is 0 Å². The molecule has 0 radical (unpaired) electrons. The highest BCUT2D eigenvalue weighted by Gasteiger charge is 2.40. The van der Waals surface area contributed by atoms with Crippen molar-refractivity contribution in [2.75, 3.05) is 19.7 Å². The summed E-state index contributed by atoms with van der Waals surface area (Å²) in [6.45, 7) is 9.30. The summed E-state index contributed by atoms with van der Waals surface area (Å²) in [5.41, 5.74) is -0.615. The molecule has 4 N–H and O–H groups in total. The molecule has 1 aliphatic rings. The van der Waals surface area contributed by atoms with E-state index in [-0.39, 0.29) is 17.6 Å². The van der Waals surface area contributed by atoms with E-state index in [4.69, 9.17) is 5.11 Å². The summed E-state index contributed by atoms with van der Waals surface area (Å²) in [4.78, 5) is 9.60. The average Bonchev–Trinajstić information content (AvgIpc) is 2.38. The fourth-order valence-electron chi connectivity index (χ4n) is 2.50. The summed E-state index contributed by atoms with van der Waals surface area (Å²) >= 11 is 0. The van der Waals surface area contributed by atoms with E-state index >= 15 is 0 Å². The Morgan fingerprint density at radius 3 is 2.10 bits per heavy atom. The summed E-state index contributed by atoms with van der Waals surface area (Å²) in [5, 5.41) is 31.6. The smallest absolute Gasteiger partial charge is 0.293 e. The minimum Gasteiger partial charge on any atom is -0.462 e. The standard InChI is InChI=1S/C10H21NO3.C5H10O2/c1-8(13)9(14)10(4-7-12)2-5-11-6-3-10;1-5(2,3)7-4-6/h8-9,11-14H,2-7H2,1H3;4H,1-3H3/t8-,9?;/m0./s1. The Bertz CT molecular complexity index is 277. The van der Waals surface area contributed by atoms with Crippen LogP contribution in [0, 0.1) is 5.41 Å². The third-order valence-electron chi connectivity index (χ3n) is 3.70. The van der Waals surface area contributed by atoms with Crippen LogP contribution >= 0.6 is 0 Å². The number of ether oxygens (including phenoxy) is 1. The Morgan fingerprint density at radius 2 is 1.81 bits per heavy atom. The maximum atomic E-state index is 9.94. The molecule has 0 amide bonds. The van der Waals surface area contributed by atoms with E-state index < -0.39 is 12.2 Å². The molecule has 1 saturated heterocycles. The lowest BCUT2D eigenvalue weighted by Crippen LogP contribution is -2.49. The van der Waals surface area contributed by atoms with Gasteiger partial charge >= 0.3 is 0 Å². The maximum Gasteiger partial charge on any atom is 0.293 e. The number of aliphatic hydroxyl groups is 3. The molecule has 0 aromatic rings. The Labute approximate surface area is 127 Å². The van der Waals surface area contributed by atoms with Crippen LogP contribution in [0.5, 0.6) is 0 Å². The van der Waals surface area contributed by atoms with Crippen molar-refractivity contribution in [1.29, 1.82) is 0 Å². The van der Waals surface area contributed by atoms with E-state index in [0.29, 0.717) is 12.9 Å². The third kappa shape index (κ3) is 7.76. The Hall–Kier alpha value is -0.690. The van der Waals surface area contributed by atoms with Crippen LogP contribution < -0.4 is 5.32 Å². The van der Waals surface area contributed by atoms with Crippen molar-refractivity contribution in [3.63, 3.8) is 0 Å². The first-order chi connectivity index (χ1) is 9.68. The maximum absolute atomic E-state index is 9.94. The van der Waals surface area contributed by atoms with Gasteiger partial charge in [0, 0.05) is 12.0 Å². The van der Waals surface area contributed by atoms with Gasteiger partial charge in [-0.05, 0) is 60.0 Å². The summed E-state index contributed by atoms with van der Waals surface area (Å²) in [6, 6.07) is 0. The van der Waals surface area contributed by atoms with Gasteiger partial charge in [-0.3, -0.25) is 4.79 Å². The molecular weight excluding hydrogens is 274 g/mol. The van der Waals surface area contributed by atoms with Crippen LogP contribution in [0.3, 0.4) is 0 Å². The summed E-state index contributed by atoms with van der Waals surface area (Å²) in [5.74, 6) is 0. The number of rotatable bonds is 5. The number of piperidine rings is 1. The number of carbonyl (C=O) groups is 1. The molecule has 126 valence electrons. The average molecular weight is 305 g/mol. The van der Waals surface area contributed by atoms with Crippen LogP contribution in [0.4, 0.5) is 0 Å². The van der Waals surface area contributed by atoms with Gasteiger partial charge in [-0.15, -0.1) is 0 Å². The lowest BCUT2D eigenvalue weighted by molar-refractivity contribution is -0.138. The molecule has 6 nitrogen and oxygen atoms in total. The quantitative estimate of drug-likeness (QED) is 0.550. The second-order valence-corrected chi connectivity index (χ2v) is 6.60. The molecule has 1 fully saturated rings. The van der Waals surface area contributed by atoms with Gasteiger partial charge in [-0.1, -0.05) is 0 Å². The number of nitrogens with one attached hydrogen (secondary N) is 1. The largest absolute Gasteiger partial charge is 0.462 e. The predicted molar refractivity (Wildman–Crippen MR) is 80.8 cm³/mol. The lowest BCUT2D eigenvalue weighted by Gasteiger charge is -2.42. The summed E-state index contributed by atoms with van der Waals surface area (Å²) < 4.78 is 4.55. The zero-order chi connectivity index (χ0) is 16.5. The first kappa shape index (κ1) is 20.3. The highest BCUT2D eigenvalue weighted by molar-refractivity contribution is 5.37. The van der Waals surface area contributed by atoms with Gasteiger partial charge in [0.05, 0.1) is 12.2 Å². The topological polar surface area (TPSA) is 99.0 Å². The molecule has 6 heteroatoms. The number of aliphatic hydroxyl groups excluding tert-OH is 3. The van der Waals surface area contributed by atoms with Crippen LogP contribution in [-0.2, 0) is 9.53 Å². The van der Waals surface area contributed by atoms with Gasteiger partial charge in [0.15, 0.2) is 0 Å². The fourth-order valence-corrected chi connectivity index (χ4v) is 2.50. The molecule has 21 heavy (non-hydrogen) atoms. The second-order valence-electron chi connectivity index (χ2n) is 6.60. The number of hydrogen-bond donors (Lipinski definition) is 4. The predicted octanol–water partition coefficient (Wildman–Crippen LogP) is 0.438. The Morgan fingerprint density at radius 1 is 1.29 bits per heavy atom.